The second-order valence-corrected chi connectivity index (χ2v) is 6.05. The first kappa shape index (κ1) is 15.9. The normalized spacial score (nSPS) is 12.4. The number of nitrogens with zero attached hydrogens (tertiary/aromatic N) is 1. The number of rotatable bonds is 7. The fourth-order valence-electron chi connectivity index (χ4n) is 2.07. The Labute approximate surface area is 129 Å². The van der Waals surface area contributed by atoms with Crippen LogP contribution in [0.3, 0.4) is 0 Å². The van der Waals surface area contributed by atoms with Gasteiger partial charge in [0.2, 0.25) is 0 Å². The first-order valence-corrected chi connectivity index (χ1v) is 7.90. The number of benzene rings is 1. The van der Waals surface area contributed by atoms with Gasteiger partial charge in [0.1, 0.15) is 17.4 Å². The third kappa shape index (κ3) is 4.27. The van der Waals surface area contributed by atoms with Crippen molar-refractivity contribution in [3.63, 3.8) is 0 Å². The van der Waals surface area contributed by atoms with Crippen molar-refractivity contribution in [2.24, 2.45) is 5.73 Å². The maximum Gasteiger partial charge on any atom is 0.140 e. The summed E-state index contributed by atoms with van der Waals surface area (Å²) in [7, 11) is 1.66. The molecule has 2 rings (SSSR count). The first-order chi connectivity index (χ1) is 10.1. The molecule has 1 atom stereocenters. The minimum absolute atomic E-state index is 0.0372. The Balaban J connectivity index is 2.07. The van der Waals surface area contributed by atoms with Gasteiger partial charge in [-0.2, -0.15) is 0 Å². The number of ether oxygens (including phenoxy) is 2. The first-order valence-electron chi connectivity index (χ1n) is 7.08. The van der Waals surface area contributed by atoms with Gasteiger partial charge in [-0.1, -0.05) is 19.1 Å². The number of hydrogen-bond donors (Lipinski definition) is 1. The molecule has 0 saturated carbocycles. The molecule has 5 heteroatoms. The molecule has 1 unspecified atom stereocenters. The molecule has 0 saturated heterocycles. The van der Waals surface area contributed by atoms with E-state index in [1.165, 1.54) is 5.56 Å². The number of methoxy groups -OCH3 is 1. The number of aryl methyl sites for hydroxylation is 1. The molecule has 0 amide bonds. The van der Waals surface area contributed by atoms with Crippen LogP contribution >= 0.6 is 11.3 Å². The Morgan fingerprint density at radius 2 is 2.14 bits per heavy atom. The molecule has 0 aliphatic heterocycles. The highest BCUT2D eigenvalue weighted by Gasteiger charge is 2.14. The molecular formula is C16H22N2O2S. The van der Waals surface area contributed by atoms with Gasteiger partial charge in [0.15, 0.2) is 0 Å². The van der Waals surface area contributed by atoms with Crippen LogP contribution in [0.2, 0.25) is 0 Å². The highest BCUT2D eigenvalue weighted by atomic mass is 32.1. The van der Waals surface area contributed by atoms with Crippen LogP contribution < -0.4 is 10.5 Å². The SMILES string of the molecule is CCc1cccc(OCc2nc(COC)c(C(C)N)s2)c1. The molecular weight excluding hydrogens is 284 g/mol. The lowest BCUT2D eigenvalue weighted by Gasteiger charge is -2.05. The average Bonchev–Trinajstić information content (AvgIpc) is 2.89. The van der Waals surface area contributed by atoms with Gasteiger partial charge in [0, 0.05) is 18.0 Å². The van der Waals surface area contributed by atoms with E-state index in [2.05, 4.69) is 24.0 Å². The Morgan fingerprint density at radius 3 is 2.81 bits per heavy atom. The summed E-state index contributed by atoms with van der Waals surface area (Å²) < 4.78 is 11.0. The van der Waals surface area contributed by atoms with E-state index in [4.69, 9.17) is 15.2 Å². The molecule has 0 bridgehead atoms. The minimum Gasteiger partial charge on any atom is -0.486 e. The van der Waals surface area contributed by atoms with Crippen molar-refractivity contribution < 1.29 is 9.47 Å². The van der Waals surface area contributed by atoms with E-state index in [9.17, 15) is 0 Å². The molecule has 1 aromatic carbocycles. The standard InChI is InChI=1S/C16H22N2O2S/c1-4-12-6-5-7-13(8-12)20-10-15-18-14(9-19-3)16(21-15)11(2)17/h5-8,11H,4,9-10,17H2,1-3H3. The maximum atomic E-state index is 5.98. The topological polar surface area (TPSA) is 57.4 Å². The van der Waals surface area contributed by atoms with Crippen molar-refractivity contribution in [1.29, 1.82) is 0 Å². The smallest absolute Gasteiger partial charge is 0.140 e. The minimum atomic E-state index is -0.0372. The summed E-state index contributed by atoms with van der Waals surface area (Å²) in [6.07, 6.45) is 1.00. The summed E-state index contributed by atoms with van der Waals surface area (Å²) in [6, 6.07) is 8.11. The van der Waals surface area contributed by atoms with E-state index >= 15 is 0 Å². The molecule has 0 fully saturated rings. The van der Waals surface area contributed by atoms with E-state index in [0.717, 1.165) is 27.7 Å². The number of nitrogens with two attached hydrogens (primary N) is 1. The van der Waals surface area contributed by atoms with Crippen molar-refractivity contribution >= 4 is 11.3 Å². The summed E-state index contributed by atoms with van der Waals surface area (Å²) in [5.74, 6) is 0.875. The van der Waals surface area contributed by atoms with Crippen LogP contribution in [0.1, 0.15) is 41.0 Å². The summed E-state index contributed by atoms with van der Waals surface area (Å²) in [5, 5.41) is 0.927. The summed E-state index contributed by atoms with van der Waals surface area (Å²) in [4.78, 5) is 5.63. The predicted octanol–water partition coefficient (Wildman–Crippen LogP) is 3.45. The molecule has 0 spiro atoms. The second kappa shape index (κ2) is 7.54. The van der Waals surface area contributed by atoms with Crippen LogP contribution in [-0.2, 0) is 24.4 Å². The lowest BCUT2D eigenvalue weighted by Crippen LogP contribution is -2.06. The lowest BCUT2D eigenvalue weighted by atomic mass is 10.2. The Morgan fingerprint density at radius 1 is 1.33 bits per heavy atom. The highest BCUT2D eigenvalue weighted by Crippen LogP contribution is 2.26. The third-order valence-electron chi connectivity index (χ3n) is 3.14. The quantitative estimate of drug-likeness (QED) is 0.851. The maximum absolute atomic E-state index is 5.98. The summed E-state index contributed by atoms with van der Waals surface area (Å²) >= 11 is 1.60. The number of thiazole rings is 1. The van der Waals surface area contributed by atoms with Crippen molar-refractivity contribution in [2.45, 2.75) is 39.5 Å². The van der Waals surface area contributed by atoms with Crippen molar-refractivity contribution in [3.05, 3.63) is 45.4 Å². The van der Waals surface area contributed by atoms with Gasteiger partial charge in [-0.15, -0.1) is 11.3 Å². The molecule has 21 heavy (non-hydrogen) atoms. The molecule has 0 aliphatic carbocycles. The molecule has 1 heterocycles. The summed E-state index contributed by atoms with van der Waals surface area (Å²) in [6.45, 7) is 5.04. The van der Waals surface area contributed by atoms with Gasteiger partial charge in [0.05, 0.1) is 12.3 Å². The van der Waals surface area contributed by atoms with Crippen molar-refractivity contribution in [3.8, 4) is 5.75 Å². The Kier molecular flexibility index (Phi) is 5.73. The zero-order chi connectivity index (χ0) is 15.2. The molecule has 114 valence electrons. The van der Waals surface area contributed by atoms with Gasteiger partial charge in [-0.3, -0.25) is 0 Å². The van der Waals surface area contributed by atoms with Gasteiger partial charge < -0.3 is 15.2 Å². The van der Waals surface area contributed by atoms with Gasteiger partial charge in [-0.25, -0.2) is 4.98 Å². The van der Waals surface area contributed by atoms with E-state index in [1.54, 1.807) is 18.4 Å². The average molecular weight is 306 g/mol. The largest absolute Gasteiger partial charge is 0.486 e. The molecule has 0 aliphatic rings. The summed E-state index contributed by atoms with van der Waals surface area (Å²) in [5.41, 5.74) is 8.16. The Hall–Kier alpha value is -1.43. The molecule has 1 aromatic heterocycles. The van der Waals surface area contributed by atoms with Gasteiger partial charge in [-0.05, 0) is 31.0 Å². The van der Waals surface area contributed by atoms with Crippen LogP contribution in [0.5, 0.6) is 5.75 Å². The number of aromatic nitrogens is 1. The number of hydrogen-bond acceptors (Lipinski definition) is 5. The molecule has 0 radical (unpaired) electrons. The van der Waals surface area contributed by atoms with E-state index in [-0.39, 0.29) is 6.04 Å². The van der Waals surface area contributed by atoms with E-state index in [1.807, 2.05) is 19.1 Å². The Bertz CT molecular complexity index is 581. The van der Waals surface area contributed by atoms with Gasteiger partial charge >= 0.3 is 0 Å². The molecule has 2 N–H and O–H groups in total. The zero-order valence-electron chi connectivity index (χ0n) is 12.8. The van der Waals surface area contributed by atoms with Crippen molar-refractivity contribution in [2.75, 3.05) is 7.11 Å². The van der Waals surface area contributed by atoms with Crippen LogP contribution in [0.4, 0.5) is 0 Å². The van der Waals surface area contributed by atoms with Crippen LogP contribution in [0.25, 0.3) is 0 Å². The van der Waals surface area contributed by atoms with Gasteiger partial charge in [0.25, 0.3) is 0 Å². The second-order valence-electron chi connectivity index (χ2n) is 4.93. The van der Waals surface area contributed by atoms with Crippen molar-refractivity contribution in [1.82, 2.24) is 4.98 Å². The zero-order valence-corrected chi connectivity index (χ0v) is 13.6. The molecule has 2 aromatic rings. The monoisotopic (exact) mass is 306 g/mol. The molecule has 4 nitrogen and oxygen atoms in total. The predicted molar refractivity (Wildman–Crippen MR) is 85.6 cm³/mol. The highest BCUT2D eigenvalue weighted by molar-refractivity contribution is 7.11. The fourth-order valence-corrected chi connectivity index (χ4v) is 3.01. The van der Waals surface area contributed by atoms with E-state index in [0.29, 0.717) is 13.2 Å². The van der Waals surface area contributed by atoms with Crippen LogP contribution in [0.15, 0.2) is 24.3 Å². The van der Waals surface area contributed by atoms with Crippen LogP contribution in [-0.4, -0.2) is 12.1 Å². The lowest BCUT2D eigenvalue weighted by molar-refractivity contribution is 0.180. The third-order valence-corrected chi connectivity index (χ3v) is 4.41. The fraction of sp³-hybridized carbons (Fsp3) is 0.438. The van der Waals surface area contributed by atoms with Crippen LogP contribution in [0, 0.1) is 0 Å². The van der Waals surface area contributed by atoms with E-state index < -0.39 is 0 Å².